The maximum Gasteiger partial charge on any atom is 0.168 e. The average Bonchev–Trinajstić information content (AvgIpc) is 2.53. The van der Waals surface area contributed by atoms with E-state index < -0.39 is 11.6 Å². The summed E-state index contributed by atoms with van der Waals surface area (Å²) in [5.41, 5.74) is 2.06. The van der Waals surface area contributed by atoms with E-state index in [0.29, 0.717) is 16.8 Å². The van der Waals surface area contributed by atoms with Gasteiger partial charge in [0.2, 0.25) is 0 Å². The normalized spacial score (nSPS) is 10.7. The molecule has 1 aromatic heterocycles. The van der Waals surface area contributed by atoms with E-state index in [4.69, 9.17) is 0 Å². The van der Waals surface area contributed by atoms with Crippen molar-refractivity contribution in [3.8, 4) is 22.4 Å². The zero-order valence-electron chi connectivity index (χ0n) is 11.8. The summed E-state index contributed by atoms with van der Waals surface area (Å²) in [5.74, 6) is -2.12. The first-order chi connectivity index (χ1) is 10.6. The molecule has 22 heavy (non-hydrogen) atoms. The number of nitrogens with zero attached hydrogens (tertiary/aromatic N) is 1. The maximum atomic E-state index is 14.0. The minimum atomic E-state index is -0.911. The molecule has 0 spiro atoms. The van der Waals surface area contributed by atoms with Crippen LogP contribution in [0, 0.1) is 24.4 Å². The lowest BCUT2D eigenvalue weighted by molar-refractivity contribution is 0.505. The molecular formula is C18H12F3N. The van der Waals surface area contributed by atoms with Gasteiger partial charge in [0, 0.05) is 17.3 Å². The number of hydrogen-bond donors (Lipinski definition) is 0. The molecule has 3 rings (SSSR count). The highest BCUT2D eigenvalue weighted by Gasteiger charge is 2.13. The van der Waals surface area contributed by atoms with Crippen LogP contribution in [0.15, 0.2) is 54.7 Å². The lowest BCUT2D eigenvalue weighted by Gasteiger charge is -2.07. The molecule has 0 N–H and O–H groups in total. The first-order valence-electron chi connectivity index (χ1n) is 6.73. The third-order valence-electron chi connectivity index (χ3n) is 3.47. The minimum absolute atomic E-state index is 0.105. The zero-order valence-corrected chi connectivity index (χ0v) is 11.8. The van der Waals surface area contributed by atoms with Gasteiger partial charge < -0.3 is 0 Å². The van der Waals surface area contributed by atoms with Gasteiger partial charge in [-0.3, -0.25) is 4.98 Å². The Bertz CT molecular complexity index is 826. The standard InChI is InChI=1S/C18H12F3N/c1-11-5-7-15(18(21)17(11)20)16-8-6-13(10-22-16)12-3-2-4-14(19)9-12/h2-10H,1H3. The smallest absolute Gasteiger partial charge is 0.168 e. The number of halogens is 3. The van der Waals surface area contributed by atoms with Crippen molar-refractivity contribution in [1.82, 2.24) is 4.98 Å². The van der Waals surface area contributed by atoms with Gasteiger partial charge in [0.25, 0.3) is 0 Å². The number of rotatable bonds is 2. The molecule has 0 atom stereocenters. The van der Waals surface area contributed by atoms with Crippen molar-refractivity contribution in [3.05, 3.63) is 77.7 Å². The molecule has 0 aliphatic heterocycles. The number of pyridine rings is 1. The van der Waals surface area contributed by atoms with E-state index in [9.17, 15) is 13.2 Å². The summed E-state index contributed by atoms with van der Waals surface area (Å²) in [6, 6.07) is 12.4. The highest BCUT2D eigenvalue weighted by atomic mass is 19.2. The van der Waals surface area contributed by atoms with Crippen LogP contribution >= 0.6 is 0 Å². The third-order valence-corrected chi connectivity index (χ3v) is 3.47. The van der Waals surface area contributed by atoms with Crippen molar-refractivity contribution in [1.29, 1.82) is 0 Å². The lowest BCUT2D eigenvalue weighted by Crippen LogP contribution is -1.94. The van der Waals surface area contributed by atoms with Crippen molar-refractivity contribution in [2.45, 2.75) is 6.92 Å². The number of hydrogen-bond acceptors (Lipinski definition) is 1. The highest BCUT2D eigenvalue weighted by molar-refractivity contribution is 5.67. The van der Waals surface area contributed by atoms with Crippen LogP contribution in [0.5, 0.6) is 0 Å². The van der Waals surface area contributed by atoms with E-state index >= 15 is 0 Å². The molecule has 0 bridgehead atoms. The van der Waals surface area contributed by atoms with Gasteiger partial charge in [-0.1, -0.05) is 24.3 Å². The largest absolute Gasteiger partial charge is 0.256 e. The fraction of sp³-hybridized carbons (Fsp3) is 0.0556. The van der Waals surface area contributed by atoms with Crippen LogP contribution in [0.4, 0.5) is 13.2 Å². The van der Waals surface area contributed by atoms with Crippen LogP contribution in [0.1, 0.15) is 5.56 Å². The van der Waals surface area contributed by atoms with Crippen molar-refractivity contribution < 1.29 is 13.2 Å². The molecule has 0 saturated carbocycles. The average molecular weight is 299 g/mol. The summed E-state index contributed by atoms with van der Waals surface area (Å²) in [6.45, 7) is 1.50. The molecule has 0 fully saturated rings. The number of aromatic nitrogens is 1. The molecule has 0 amide bonds. The molecule has 0 saturated heterocycles. The second-order valence-corrected chi connectivity index (χ2v) is 5.00. The predicted molar refractivity (Wildman–Crippen MR) is 79.7 cm³/mol. The predicted octanol–water partition coefficient (Wildman–Crippen LogP) is 5.14. The monoisotopic (exact) mass is 299 g/mol. The Morgan fingerprint density at radius 3 is 2.32 bits per heavy atom. The lowest BCUT2D eigenvalue weighted by atomic mass is 10.0. The van der Waals surface area contributed by atoms with Crippen molar-refractivity contribution in [2.75, 3.05) is 0 Å². The van der Waals surface area contributed by atoms with E-state index in [2.05, 4.69) is 4.98 Å². The SMILES string of the molecule is Cc1ccc(-c2ccc(-c3cccc(F)c3)cn2)c(F)c1F. The Kier molecular flexibility index (Phi) is 3.67. The van der Waals surface area contributed by atoms with Gasteiger partial charge >= 0.3 is 0 Å². The molecule has 0 unspecified atom stereocenters. The molecule has 0 aliphatic carbocycles. The fourth-order valence-corrected chi connectivity index (χ4v) is 2.24. The molecule has 1 heterocycles. The minimum Gasteiger partial charge on any atom is -0.256 e. The van der Waals surface area contributed by atoms with Gasteiger partial charge in [0.15, 0.2) is 11.6 Å². The third kappa shape index (κ3) is 2.60. The van der Waals surface area contributed by atoms with Crippen LogP contribution in [0.2, 0.25) is 0 Å². The topological polar surface area (TPSA) is 12.9 Å². The summed E-state index contributed by atoms with van der Waals surface area (Å²) in [6.07, 6.45) is 1.52. The van der Waals surface area contributed by atoms with Crippen molar-refractivity contribution >= 4 is 0 Å². The molecular weight excluding hydrogens is 287 g/mol. The van der Waals surface area contributed by atoms with Gasteiger partial charge in [0.1, 0.15) is 5.82 Å². The van der Waals surface area contributed by atoms with Crippen molar-refractivity contribution in [3.63, 3.8) is 0 Å². The molecule has 1 nitrogen and oxygen atoms in total. The van der Waals surface area contributed by atoms with E-state index in [1.165, 1.54) is 37.4 Å². The quantitative estimate of drug-likeness (QED) is 0.638. The Morgan fingerprint density at radius 1 is 0.818 bits per heavy atom. The highest BCUT2D eigenvalue weighted by Crippen LogP contribution is 2.27. The zero-order chi connectivity index (χ0) is 15.7. The van der Waals surface area contributed by atoms with Crippen LogP contribution in [0.25, 0.3) is 22.4 Å². The summed E-state index contributed by atoms with van der Waals surface area (Å²) in [7, 11) is 0. The van der Waals surface area contributed by atoms with Gasteiger partial charge in [-0.25, -0.2) is 13.2 Å². The van der Waals surface area contributed by atoms with Gasteiger partial charge in [-0.05, 0) is 42.3 Å². The summed E-state index contributed by atoms with van der Waals surface area (Å²) in [5, 5.41) is 0. The molecule has 3 aromatic rings. The Balaban J connectivity index is 2.00. The van der Waals surface area contributed by atoms with Crippen LogP contribution < -0.4 is 0 Å². The maximum absolute atomic E-state index is 14.0. The van der Waals surface area contributed by atoms with Crippen LogP contribution in [-0.2, 0) is 0 Å². The molecule has 2 aromatic carbocycles. The molecule has 0 radical (unpaired) electrons. The number of benzene rings is 2. The summed E-state index contributed by atoms with van der Waals surface area (Å²) >= 11 is 0. The fourth-order valence-electron chi connectivity index (χ4n) is 2.24. The molecule has 4 heteroatoms. The molecule has 110 valence electrons. The Labute approximate surface area is 126 Å². The van der Waals surface area contributed by atoms with E-state index in [1.807, 2.05) is 0 Å². The second-order valence-electron chi connectivity index (χ2n) is 5.00. The second kappa shape index (κ2) is 5.64. The van der Waals surface area contributed by atoms with E-state index in [1.54, 1.807) is 24.3 Å². The van der Waals surface area contributed by atoms with Gasteiger partial charge in [0.05, 0.1) is 5.69 Å². The number of aryl methyl sites for hydroxylation is 1. The van der Waals surface area contributed by atoms with Crippen LogP contribution in [0.3, 0.4) is 0 Å². The summed E-state index contributed by atoms with van der Waals surface area (Å²) in [4.78, 5) is 4.16. The first kappa shape index (κ1) is 14.3. The van der Waals surface area contributed by atoms with Gasteiger partial charge in [-0.2, -0.15) is 0 Å². The van der Waals surface area contributed by atoms with E-state index in [-0.39, 0.29) is 16.9 Å². The van der Waals surface area contributed by atoms with Gasteiger partial charge in [-0.15, -0.1) is 0 Å². The molecule has 0 aliphatic rings. The van der Waals surface area contributed by atoms with Crippen molar-refractivity contribution in [2.24, 2.45) is 0 Å². The Hall–Kier alpha value is -2.62. The van der Waals surface area contributed by atoms with E-state index in [0.717, 1.165) is 0 Å². The first-order valence-corrected chi connectivity index (χ1v) is 6.73. The Morgan fingerprint density at radius 2 is 1.64 bits per heavy atom. The van der Waals surface area contributed by atoms with Crippen LogP contribution in [-0.4, -0.2) is 4.98 Å². The summed E-state index contributed by atoms with van der Waals surface area (Å²) < 4.78 is 40.8.